The molecule has 2 atom stereocenters. The molecule has 0 aromatic carbocycles. The molecule has 2 amide bonds. The zero-order chi connectivity index (χ0) is 15.1. The second-order valence-electron chi connectivity index (χ2n) is 5.77. The van der Waals surface area contributed by atoms with E-state index in [1.165, 1.54) is 0 Å². The van der Waals surface area contributed by atoms with E-state index in [1.807, 2.05) is 20.8 Å². The van der Waals surface area contributed by atoms with Gasteiger partial charge in [0.25, 0.3) is 0 Å². The third kappa shape index (κ3) is 4.20. The summed E-state index contributed by atoms with van der Waals surface area (Å²) in [5.74, 6) is 0.183. The second-order valence-corrected chi connectivity index (χ2v) is 5.77. The fourth-order valence-corrected chi connectivity index (χ4v) is 2.59. The van der Waals surface area contributed by atoms with E-state index in [4.69, 9.17) is 4.74 Å². The van der Waals surface area contributed by atoms with Crippen molar-refractivity contribution < 1.29 is 14.3 Å². The molecule has 0 saturated carbocycles. The Morgan fingerprint density at radius 3 is 2.55 bits per heavy atom. The SMILES string of the molecule is CCCC1C(=O)NC(C(C)C)C(=O)N1CCCCOC. The lowest BCUT2D eigenvalue weighted by Gasteiger charge is -2.40. The maximum Gasteiger partial charge on any atom is 0.246 e. The highest BCUT2D eigenvalue weighted by Crippen LogP contribution is 2.19. The topological polar surface area (TPSA) is 58.6 Å². The largest absolute Gasteiger partial charge is 0.385 e. The third-order valence-electron chi connectivity index (χ3n) is 3.75. The van der Waals surface area contributed by atoms with Gasteiger partial charge in [0.15, 0.2) is 0 Å². The van der Waals surface area contributed by atoms with Crippen LogP contribution in [0, 0.1) is 5.92 Å². The van der Waals surface area contributed by atoms with Crippen molar-refractivity contribution in [3.63, 3.8) is 0 Å². The summed E-state index contributed by atoms with van der Waals surface area (Å²) < 4.78 is 5.03. The van der Waals surface area contributed by atoms with Gasteiger partial charge in [-0.1, -0.05) is 27.2 Å². The molecule has 0 aliphatic carbocycles. The van der Waals surface area contributed by atoms with Crippen LogP contribution in [0.3, 0.4) is 0 Å². The zero-order valence-electron chi connectivity index (χ0n) is 13.1. The number of rotatable bonds is 8. The van der Waals surface area contributed by atoms with Gasteiger partial charge in [0.2, 0.25) is 11.8 Å². The first-order valence-corrected chi connectivity index (χ1v) is 7.62. The molecule has 1 fully saturated rings. The van der Waals surface area contributed by atoms with Crippen LogP contribution in [0.5, 0.6) is 0 Å². The summed E-state index contributed by atoms with van der Waals surface area (Å²) >= 11 is 0. The Labute approximate surface area is 122 Å². The summed E-state index contributed by atoms with van der Waals surface area (Å²) in [6.07, 6.45) is 3.41. The molecule has 116 valence electrons. The molecule has 1 aliphatic rings. The average Bonchev–Trinajstić information content (AvgIpc) is 2.40. The number of methoxy groups -OCH3 is 1. The molecule has 1 rings (SSSR count). The molecule has 0 radical (unpaired) electrons. The lowest BCUT2D eigenvalue weighted by molar-refractivity contribution is -0.151. The van der Waals surface area contributed by atoms with Gasteiger partial charge in [0.1, 0.15) is 12.1 Å². The van der Waals surface area contributed by atoms with Crippen LogP contribution >= 0.6 is 0 Å². The summed E-state index contributed by atoms with van der Waals surface area (Å²) in [5, 5.41) is 2.88. The Kier molecular flexibility index (Phi) is 6.99. The van der Waals surface area contributed by atoms with Crippen LogP contribution < -0.4 is 5.32 Å². The van der Waals surface area contributed by atoms with Crippen molar-refractivity contribution in [1.82, 2.24) is 10.2 Å². The third-order valence-corrected chi connectivity index (χ3v) is 3.75. The first kappa shape index (κ1) is 17.0. The van der Waals surface area contributed by atoms with E-state index in [2.05, 4.69) is 5.32 Å². The fraction of sp³-hybridized carbons (Fsp3) is 0.867. The molecule has 1 saturated heterocycles. The Bertz CT molecular complexity index is 331. The van der Waals surface area contributed by atoms with E-state index in [0.717, 1.165) is 25.7 Å². The molecule has 1 aliphatic heterocycles. The highest BCUT2D eigenvalue weighted by Gasteiger charge is 2.40. The van der Waals surface area contributed by atoms with E-state index in [9.17, 15) is 9.59 Å². The van der Waals surface area contributed by atoms with Crippen molar-refractivity contribution in [2.24, 2.45) is 5.92 Å². The first-order valence-electron chi connectivity index (χ1n) is 7.62. The zero-order valence-corrected chi connectivity index (χ0v) is 13.1. The standard InChI is InChI=1S/C15H28N2O3/c1-5-8-12-14(18)16-13(11(2)3)15(19)17(12)9-6-7-10-20-4/h11-13H,5-10H2,1-4H3,(H,16,18). The van der Waals surface area contributed by atoms with Crippen molar-refractivity contribution >= 4 is 11.8 Å². The molecule has 0 aromatic heterocycles. The molecule has 0 bridgehead atoms. The molecular formula is C15H28N2O3. The minimum Gasteiger partial charge on any atom is -0.385 e. The maximum absolute atomic E-state index is 12.5. The molecule has 2 unspecified atom stereocenters. The number of hydrogen-bond acceptors (Lipinski definition) is 3. The Balaban J connectivity index is 2.73. The summed E-state index contributed by atoms with van der Waals surface area (Å²) in [6, 6.07) is -0.678. The predicted molar refractivity (Wildman–Crippen MR) is 78.3 cm³/mol. The highest BCUT2D eigenvalue weighted by atomic mass is 16.5. The lowest BCUT2D eigenvalue weighted by Crippen LogP contribution is -2.64. The number of piperazine rings is 1. The molecule has 0 aromatic rings. The first-order chi connectivity index (χ1) is 9.52. The van der Waals surface area contributed by atoms with Gasteiger partial charge in [-0.05, 0) is 25.2 Å². The van der Waals surface area contributed by atoms with Gasteiger partial charge >= 0.3 is 0 Å². The van der Waals surface area contributed by atoms with Crippen molar-refractivity contribution in [2.75, 3.05) is 20.3 Å². The number of unbranched alkanes of at least 4 members (excludes halogenated alkanes) is 1. The number of nitrogens with one attached hydrogen (secondary N) is 1. The van der Waals surface area contributed by atoms with E-state index >= 15 is 0 Å². The molecular weight excluding hydrogens is 256 g/mol. The Morgan fingerprint density at radius 2 is 2.00 bits per heavy atom. The molecule has 1 heterocycles. The van der Waals surface area contributed by atoms with Crippen LogP contribution in [0.4, 0.5) is 0 Å². The predicted octanol–water partition coefficient (Wildman–Crippen LogP) is 1.56. The monoisotopic (exact) mass is 284 g/mol. The molecule has 5 nitrogen and oxygen atoms in total. The van der Waals surface area contributed by atoms with Gasteiger partial charge in [-0.15, -0.1) is 0 Å². The highest BCUT2D eigenvalue weighted by molar-refractivity contribution is 5.97. The van der Waals surface area contributed by atoms with Crippen LogP contribution in [0.1, 0.15) is 46.5 Å². The smallest absolute Gasteiger partial charge is 0.246 e. The quantitative estimate of drug-likeness (QED) is 0.688. The lowest BCUT2D eigenvalue weighted by atomic mass is 9.96. The molecule has 20 heavy (non-hydrogen) atoms. The van der Waals surface area contributed by atoms with Crippen molar-refractivity contribution in [3.8, 4) is 0 Å². The maximum atomic E-state index is 12.5. The minimum atomic E-state index is -0.377. The number of hydrogen-bond donors (Lipinski definition) is 1. The second kappa shape index (κ2) is 8.25. The summed E-state index contributed by atoms with van der Waals surface area (Å²) in [4.78, 5) is 26.5. The van der Waals surface area contributed by atoms with Crippen molar-refractivity contribution in [1.29, 1.82) is 0 Å². The van der Waals surface area contributed by atoms with E-state index in [0.29, 0.717) is 13.2 Å². The molecule has 0 spiro atoms. The number of carbonyl (C=O) groups excluding carboxylic acids is 2. The van der Waals surface area contributed by atoms with Crippen LogP contribution in [-0.4, -0.2) is 49.1 Å². The van der Waals surface area contributed by atoms with Gasteiger partial charge in [-0.2, -0.15) is 0 Å². The molecule has 1 N–H and O–H groups in total. The average molecular weight is 284 g/mol. The van der Waals surface area contributed by atoms with Gasteiger partial charge in [0, 0.05) is 20.3 Å². The summed E-state index contributed by atoms with van der Waals surface area (Å²) in [6.45, 7) is 7.30. The van der Waals surface area contributed by atoms with E-state index < -0.39 is 0 Å². The fourth-order valence-electron chi connectivity index (χ4n) is 2.59. The minimum absolute atomic E-state index is 0.00288. The van der Waals surface area contributed by atoms with Crippen LogP contribution in [0.15, 0.2) is 0 Å². The normalized spacial score (nSPS) is 23.4. The van der Waals surface area contributed by atoms with Crippen LogP contribution in [0.25, 0.3) is 0 Å². The number of amides is 2. The molecule has 5 heteroatoms. The van der Waals surface area contributed by atoms with Gasteiger partial charge in [-0.25, -0.2) is 0 Å². The van der Waals surface area contributed by atoms with Crippen molar-refractivity contribution in [3.05, 3.63) is 0 Å². The van der Waals surface area contributed by atoms with Gasteiger partial charge in [-0.3, -0.25) is 9.59 Å². The number of carbonyl (C=O) groups is 2. The van der Waals surface area contributed by atoms with E-state index in [1.54, 1.807) is 12.0 Å². The summed E-state index contributed by atoms with van der Waals surface area (Å²) in [5.41, 5.74) is 0. The van der Waals surface area contributed by atoms with Gasteiger partial charge in [0.05, 0.1) is 0 Å². The Morgan fingerprint density at radius 1 is 1.30 bits per heavy atom. The van der Waals surface area contributed by atoms with Crippen molar-refractivity contribution in [2.45, 2.75) is 58.5 Å². The van der Waals surface area contributed by atoms with E-state index in [-0.39, 0.29) is 29.8 Å². The Hall–Kier alpha value is -1.10. The van der Waals surface area contributed by atoms with Crippen LogP contribution in [0.2, 0.25) is 0 Å². The van der Waals surface area contributed by atoms with Crippen LogP contribution in [-0.2, 0) is 14.3 Å². The number of nitrogens with zero attached hydrogens (tertiary/aromatic N) is 1. The summed E-state index contributed by atoms with van der Waals surface area (Å²) in [7, 11) is 1.67. The number of ether oxygens (including phenoxy) is 1. The van der Waals surface area contributed by atoms with Gasteiger partial charge < -0.3 is 15.0 Å².